The van der Waals surface area contributed by atoms with E-state index >= 15 is 0 Å². The van der Waals surface area contributed by atoms with Crippen LogP contribution >= 0.6 is 12.2 Å². The summed E-state index contributed by atoms with van der Waals surface area (Å²) < 4.78 is 2.09. The number of aryl methyl sites for hydroxylation is 1. The lowest BCUT2D eigenvalue weighted by atomic mass is 10.1. The third-order valence-electron chi connectivity index (χ3n) is 4.49. The molecule has 0 unspecified atom stereocenters. The zero-order valence-electron chi connectivity index (χ0n) is 16.3. The van der Waals surface area contributed by atoms with Gasteiger partial charge < -0.3 is 10.2 Å². The van der Waals surface area contributed by atoms with Crippen LogP contribution in [-0.4, -0.2) is 38.7 Å². The van der Waals surface area contributed by atoms with E-state index in [0.29, 0.717) is 16.3 Å². The number of aromatic nitrogens is 4. The molecule has 0 aliphatic rings. The number of nitrogens with zero attached hydrogens (tertiary/aromatic N) is 4. The lowest BCUT2D eigenvalue weighted by Crippen LogP contribution is -2.23. The zero-order chi connectivity index (χ0) is 20.1. The standard InChI is InChI=1S/C20H24N6OS/c1-4-25(5-2)17-11-10-16(12-21-17)22-18(27)13-26-19(23-24-20(26)28)15-8-6-14(3)7-9-15/h6-12H,4-5,13H2,1-3H3,(H,22,27)(H,24,28). The maximum Gasteiger partial charge on any atom is 0.244 e. The van der Waals surface area contributed by atoms with E-state index in [4.69, 9.17) is 12.2 Å². The van der Waals surface area contributed by atoms with Crippen LogP contribution in [0.2, 0.25) is 0 Å². The summed E-state index contributed by atoms with van der Waals surface area (Å²) in [4.78, 5) is 19.1. The summed E-state index contributed by atoms with van der Waals surface area (Å²) in [6.07, 6.45) is 1.67. The van der Waals surface area contributed by atoms with Crippen LogP contribution < -0.4 is 10.2 Å². The Kier molecular flexibility index (Phi) is 6.20. The predicted molar refractivity (Wildman–Crippen MR) is 114 cm³/mol. The van der Waals surface area contributed by atoms with E-state index in [1.54, 1.807) is 10.8 Å². The Balaban J connectivity index is 1.73. The molecular formula is C20H24N6OS. The fourth-order valence-electron chi connectivity index (χ4n) is 2.93. The first-order chi connectivity index (χ1) is 13.5. The Labute approximate surface area is 169 Å². The van der Waals surface area contributed by atoms with Gasteiger partial charge >= 0.3 is 0 Å². The van der Waals surface area contributed by atoms with Gasteiger partial charge in [-0.1, -0.05) is 29.8 Å². The molecule has 0 radical (unpaired) electrons. The highest BCUT2D eigenvalue weighted by Gasteiger charge is 2.13. The van der Waals surface area contributed by atoms with Crippen molar-refractivity contribution in [2.45, 2.75) is 27.3 Å². The van der Waals surface area contributed by atoms with Gasteiger partial charge in [-0.15, -0.1) is 0 Å². The van der Waals surface area contributed by atoms with Gasteiger partial charge in [-0.25, -0.2) is 4.98 Å². The summed E-state index contributed by atoms with van der Waals surface area (Å²) in [7, 11) is 0. The van der Waals surface area contributed by atoms with Crippen molar-refractivity contribution < 1.29 is 4.79 Å². The quantitative estimate of drug-likeness (QED) is 0.594. The molecule has 0 spiro atoms. The highest BCUT2D eigenvalue weighted by atomic mass is 32.1. The molecule has 0 atom stereocenters. The molecule has 8 heteroatoms. The Morgan fingerprint density at radius 1 is 1.18 bits per heavy atom. The second-order valence-corrected chi connectivity index (χ2v) is 6.82. The number of pyridine rings is 1. The van der Waals surface area contributed by atoms with Crippen LogP contribution in [0.3, 0.4) is 0 Å². The highest BCUT2D eigenvalue weighted by Crippen LogP contribution is 2.18. The van der Waals surface area contributed by atoms with E-state index in [1.807, 2.05) is 43.3 Å². The largest absolute Gasteiger partial charge is 0.357 e. The summed E-state index contributed by atoms with van der Waals surface area (Å²) in [6, 6.07) is 11.7. The monoisotopic (exact) mass is 396 g/mol. The van der Waals surface area contributed by atoms with Gasteiger partial charge in [0.15, 0.2) is 10.6 Å². The summed E-state index contributed by atoms with van der Waals surface area (Å²) in [5, 5.41) is 9.91. The van der Waals surface area contributed by atoms with Crippen LogP contribution in [0.4, 0.5) is 11.5 Å². The molecule has 1 amide bonds. The number of hydrogen-bond donors (Lipinski definition) is 2. The molecule has 3 aromatic rings. The number of benzene rings is 1. The van der Waals surface area contributed by atoms with E-state index in [-0.39, 0.29) is 12.5 Å². The maximum atomic E-state index is 12.5. The van der Waals surface area contributed by atoms with Crippen LogP contribution in [0, 0.1) is 11.7 Å². The van der Waals surface area contributed by atoms with Gasteiger partial charge in [0.05, 0.1) is 11.9 Å². The fraction of sp³-hybridized carbons (Fsp3) is 0.300. The highest BCUT2D eigenvalue weighted by molar-refractivity contribution is 7.71. The van der Waals surface area contributed by atoms with Crippen molar-refractivity contribution in [3.05, 3.63) is 52.9 Å². The Hall–Kier alpha value is -3.00. The molecule has 0 aliphatic carbocycles. The Morgan fingerprint density at radius 3 is 2.50 bits per heavy atom. The predicted octanol–water partition coefficient (Wildman–Crippen LogP) is 3.80. The number of rotatable bonds is 7. The van der Waals surface area contributed by atoms with Gasteiger partial charge in [0.25, 0.3) is 0 Å². The van der Waals surface area contributed by atoms with Crippen molar-refractivity contribution in [1.82, 2.24) is 19.7 Å². The number of hydrogen-bond acceptors (Lipinski definition) is 5. The van der Waals surface area contributed by atoms with Crippen LogP contribution in [-0.2, 0) is 11.3 Å². The normalized spacial score (nSPS) is 10.7. The summed E-state index contributed by atoms with van der Waals surface area (Å²) in [6.45, 7) is 8.03. The summed E-state index contributed by atoms with van der Waals surface area (Å²) in [5.74, 6) is 1.33. The van der Waals surface area contributed by atoms with Gasteiger partial charge in [0, 0.05) is 18.7 Å². The SMILES string of the molecule is CCN(CC)c1ccc(NC(=O)Cn2c(-c3ccc(C)cc3)n[nH]c2=S)cn1. The number of anilines is 2. The summed E-state index contributed by atoms with van der Waals surface area (Å²) in [5.41, 5.74) is 2.70. The van der Waals surface area contributed by atoms with E-state index < -0.39 is 0 Å². The van der Waals surface area contributed by atoms with Crippen LogP contribution in [0.25, 0.3) is 11.4 Å². The second-order valence-electron chi connectivity index (χ2n) is 6.43. The van der Waals surface area contributed by atoms with Crippen molar-refractivity contribution in [2.75, 3.05) is 23.3 Å². The Bertz CT molecular complexity index is 987. The van der Waals surface area contributed by atoms with Gasteiger partial charge in [0.1, 0.15) is 12.4 Å². The number of H-pyrrole nitrogens is 1. The van der Waals surface area contributed by atoms with Crippen molar-refractivity contribution in [3.8, 4) is 11.4 Å². The van der Waals surface area contributed by atoms with Crippen molar-refractivity contribution >= 4 is 29.6 Å². The molecule has 0 saturated carbocycles. The molecule has 146 valence electrons. The Morgan fingerprint density at radius 2 is 1.89 bits per heavy atom. The first-order valence-corrected chi connectivity index (χ1v) is 9.65. The molecule has 0 aliphatic heterocycles. The second kappa shape index (κ2) is 8.79. The fourth-order valence-corrected chi connectivity index (χ4v) is 3.12. The molecule has 0 fully saturated rings. The van der Waals surface area contributed by atoms with E-state index in [9.17, 15) is 4.79 Å². The number of carbonyl (C=O) groups excluding carboxylic acids is 1. The molecule has 0 saturated heterocycles. The number of amides is 1. The van der Waals surface area contributed by atoms with E-state index in [0.717, 1.165) is 30.0 Å². The topological polar surface area (TPSA) is 78.8 Å². The molecular weight excluding hydrogens is 372 g/mol. The minimum atomic E-state index is -0.191. The van der Waals surface area contributed by atoms with Gasteiger partial charge in [-0.05, 0) is 45.1 Å². The minimum Gasteiger partial charge on any atom is -0.357 e. The van der Waals surface area contributed by atoms with Crippen molar-refractivity contribution in [3.63, 3.8) is 0 Å². The average Bonchev–Trinajstić information content (AvgIpc) is 3.05. The van der Waals surface area contributed by atoms with Crippen LogP contribution in [0.1, 0.15) is 19.4 Å². The van der Waals surface area contributed by atoms with E-state index in [2.05, 4.69) is 39.2 Å². The zero-order valence-corrected chi connectivity index (χ0v) is 17.1. The molecule has 2 heterocycles. The number of carbonyl (C=O) groups is 1. The lowest BCUT2D eigenvalue weighted by Gasteiger charge is -2.19. The third kappa shape index (κ3) is 4.45. The molecule has 2 N–H and O–H groups in total. The van der Waals surface area contributed by atoms with Crippen LogP contribution in [0.15, 0.2) is 42.6 Å². The minimum absolute atomic E-state index is 0.0658. The van der Waals surface area contributed by atoms with Crippen molar-refractivity contribution in [1.29, 1.82) is 0 Å². The smallest absolute Gasteiger partial charge is 0.244 e. The van der Waals surface area contributed by atoms with Gasteiger partial charge in [0.2, 0.25) is 5.91 Å². The lowest BCUT2D eigenvalue weighted by molar-refractivity contribution is -0.116. The first-order valence-electron chi connectivity index (χ1n) is 9.25. The first kappa shape index (κ1) is 19.8. The van der Waals surface area contributed by atoms with Crippen molar-refractivity contribution in [2.24, 2.45) is 0 Å². The van der Waals surface area contributed by atoms with Gasteiger partial charge in [-0.3, -0.25) is 14.5 Å². The molecule has 28 heavy (non-hydrogen) atoms. The van der Waals surface area contributed by atoms with Gasteiger partial charge in [-0.2, -0.15) is 5.10 Å². The molecule has 1 aromatic carbocycles. The summed E-state index contributed by atoms with van der Waals surface area (Å²) >= 11 is 5.30. The number of nitrogens with one attached hydrogen (secondary N) is 2. The molecule has 3 rings (SSSR count). The average molecular weight is 397 g/mol. The number of aromatic amines is 1. The molecule has 0 bridgehead atoms. The van der Waals surface area contributed by atoms with Crippen LogP contribution in [0.5, 0.6) is 0 Å². The molecule has 7 nitrogen and oxygen atoms in total. The van der Waals surface area contributed by atoms with E-state index in [1.165, 1.54) is 0 Å². The maximum absolute atomic E-state index is 12.5. The third-order valence-corrected chi connectivity index (χ3v) is 4.80. The molecule has 2 aromatic heterocycles.